The zero-order valence-corrected chi connectivity index (χ0v) is 8.01. The van der Waals surface area contributed by atoms with Crippen LogP contribution in [0.4, 0.5) is 0 Å². The van der Waals surface area contributed by atoms with Gasteiger partial charge in [0.15, 0.2) is 0 Å². The summed E-state index contributed by atoms with van der Waals surface area (Å²) in [7, 11) is 0. The van der Waals surface area contributed by atoms with Gasteiger partial charge in [0.2, 0.25) is 5.91 Å². The number of nitrogens with one attached hydrogen (secondary N) is 2. The van der Waals surface area contributed by atoms with Crippen LogP contribution in [0.15, 0.2) is 0 Å². The fourth-order valence-electron chi connectivity index (χ4n) is 1.65. The van der Waals surface area contributed by atoms with Crippen molar-refractivity contribution < 1.29 is 4.79 Å². The molecule has 0 heterocycles. The average molecular weight is 185 g/mol. The minimum absolute atomic E-state index is 0.0975. The molecule has 1 saturated carbocycles. The minimum Gasteiger partial charge on any atom is -0.352 e. The van der Waals surface area contributed by atoms with Gasteiger partial charge in [0.25, 0.3) is 0 Å². The summed E-state index contributed by atoms with van der Waals surface area (Å²) in [6, 6.07) is 0.423. The van der Waals surface area contributed by atoms with Gasteiger partial charge in [-0.2, -0.15) is 0 Å². The lowest BCUT2D eigenvalue weighted by Gasteiger charge is -2.11. The third-order valence-corrected chi connectivity index (χ3v) is 2.33. The van der Waals surface area contributed by atoms with Crippen molar-refractivity contribution in [1.29, 1.82) is 0 Å². The standard InChI is InChI=1S/C9H19N3O/c10-5-6-11-7-9(13)12-8-3-1-2-4-8/h8,11H,1-7,10H2,(H,12,13). The Bertz CT molecular complexity index is 155. The molecule has 0 aromatic rings. The Hall–Kier alpha value is -0.610. The number of carbonyl (C=O) groups is 1. The third-order valence-electron chi connectivity index (χ3n) is 2.33. The van der Waals surface area contributed by atoms with E-state index in [0.717, 1.165) is 12.8 Å². The number of amides is 1. The first-order valence-electron chi connectivity index (χ1n) is 5.03. The van der Waals surface area contributed by atoms with Crippen molar-refractivity contribution in [2.45, 2.75) is 31.7 Å². The highest BCUT2D eigenvalue weighted by molar-refractivity contribution is 5.78. The number of carbonyl (C=O) groups excluding carboxylic acids is 1. The predicted molar refractivity (Wildman–Crippen MR) is 52.3 cm³/mol. The third kappa shape index (κ3) is 4.24. The Labute approximate surface area is 79.3 Å². The summed E-state index contributed by atoms with van der Waals surface area (Å²) in [5.74, 6) is 0.0975. The van der Waals surface area contributed by atoms with Crippen molar-refractivity contribution in [2.75, 3.05) is 19.6 Å². The maximum Gasteiger partial charge on any atom is 0.234 e. The minimum atomic E-state index is 0.0975. The highest BCUT2D eigenvalue weighted by Gasteiger charge is 2.16. The van der Waals surface area contributed by atoms with Gasteiger partial charge in [-0.15, -0.1) is 0 Å². The molecule has 0 aliphatic heterocycles. The van der Waals surface area contributed by atoms with E-state index in [0.29, 0.717) is 25.7 Å². The molecular formula is C9H19N3O. The molecule has 0 aromatic heterocycles. The van der Waals surface area contributed by atoms with Crippen LogP contribution in [0.25, 0.3) is 0 Å². The van der Waals surface area contributed by atoms with Crippen molar-refractivity contribution >= 4 is 5.91 Å². The van der Waals surface area contributed by atoms with E-state index in [2.05, 4.69) is 10.6 Å². The second kappa shape index (κ2) is 5.94. The molecule has 0 spiro atoms. The molecule has 4 N–H and O–H groups in total. The van der Waals surface area contributed by atoms with Gasteiger partial charge in [-0.25, -0.2) is 0 Å². The Morgan fingerprint density at radius 1 is 1.38 bits per heavy atom. The maximum absolute atomic E-state index is 11.3. The molecule has 1 fully saturated rings. The molecule has 0 unspecified atom stereocenters. The first-order valence-corrected chi connectivity index (χ1v) is 5.03. The normalized spacial score (nSPS) is 17.6. The molecule has 0 saturated heterocycles. The van der Waals surface area contributed by atoms with Crippen LogP contribution in [0, 0.1) is 0 Å². The van der Waals surface area contributed by atoms with E-state index < -0.39 is 0 Å². The van der Waals surface area contributed by atoms with Crippen molar-refractivity contribution in [3.05, 3.63) is 0 Å². The highest BCUT2D eigenvalue weighted by Crippen LogP contribution is 2.17. The molecule has 4 nitrogen and oxygen atoms in total. The lowest BCUT2D eigenvalue weighted by Crippen LogP contribution is -2.40. The van der Waals surface area contributed by atoms with Crippen LogP contribution in [0.3, 0.4) is 0 Å². The summed E-state index contributed by atoms with van der Waals surface area (Å²) in [4.78, 5) is 11.3. The molecule has 4 heteroatoms. The molecule has 1 amide bonds. The molecular weight excluding hydrogens is 166 g/mol. The molecule has 1 aliphatic carbocycles. The Morgan fingerprint density at radius 2 is 2.08 bits per heavy atom. The van der Waals surface area contributed by atoms with Gasteiger partial charge in [0.1, 0.15) is 0 Å². The van der Waals surface area contributed by atoms with Crippen LogP contribution in [-0.2, 0) is 4.79 Å². The summed E-state index contributed by atoms with van der Waals surface area (Å²) in [5.41, 5.74) is 5.28. The number of hydrogen-bond acceptors (Lipinski definition) is 3. The van der Waals surface area contributed by atoms with Gasteiger partial charge in [-0.1, -0.05) is 12.8 Å². The fourth-order valence-corrected chi connectivity index (χ4v) is 1.65. The van der Waals surface area contributed by atoms with Gasteiger partial charge in [-0.3, -0.25) is 4.79 Å². The van der Waals surface area contributed by atoms with Crippen LogP contribution < -0.4 is 16.4 Å². The number of nitrogens with two attached hydrogens (primary N) is 1. The predicted octanol–water partition coefficient (Wildman–Crippen LogP) is -0.407. The molecule has 0 aromatic carbocycles. The van der Waals surface area contributed by atoms with E-state index in [9.17, 15) is 4.79 Å². The summed E-state index contributed by atoms with van der Waals surface area (Å²) < 4.78 is 0. The highest BCUT2D eigenvalue weighted by atomic mass is 16.1. The van der Waals surface area contributed by atoms with Gasteiger partial charge >= 0.3 is 0 Å². The lowest BCUT2D eigenvalue weighted by atomic mass is 10.2. The molecule has 0 radical (unpaired) electrons. The zero-order chi connectivity index (χ0) is 9.52. The summed E-state index contributed by atoms with van der Waals surface area (Å²) >= 11 is 0. The van der Waals surface area contributed by atoms with Gasteiger partial charge in [0, 0.05) is 19.1 Å². The van der Waals surface area contributed by atoms with E-state index in [1.54, 1.807) is 0 Å². The first-order chi connectivity index (χ1) is 6.33. The summed E-state index contributed by atoms with van der Waals surface area (Å²) in [6.07, 6.45) is 4.79. The second-order valence-electron chi connectivity index (χ2n) is 3.51. The topological polar surface area (TPSA) is 67.1 Å². The van der Waals surface area contributed by atoms with Gasteiger partial charge in [0.05, 0.1) is 6.54 Å². The van der Waals surface area contributed by atoms with E-state index in [1.807, 2.05) is 0 Å². The molecule has 1 aliphatic rings. The van der Waals surface area contributed by atoms with Gasteiger partial charge < -0.3 is 16.4 Å². The number of rotatable bonds is 5. The lowest BCUT2D eigenvalue weighted by molar-refractivity contribution is -0.120. The molecule has 1 rings (SSSR count). The molecule has 0 bridgehead atoms. The van der Waals surface area contributed by atoms with Crippen molar-refractivity contribution in [3.63, 3.8) is 0 Å². The fraction of sp³-hybridized carbons (Fsp3) is 0.889. The van der Waals surface area contributed by atoms with Crippen LogP contribution in [0.1, 0.15) is 25.7 Å². The molecule has 13 heavy (non-hydrogen) atoms. The monoisotopic (exact) mass is 185 g/mol. The Kier molecular flexibility index (Phi) is 4.78. The Balaban J connectivity index is 2.02. The van der Waals surface area contributed by atoms with Crippen molar-refractivity contribution in [1.82, 2.24) is 10.6 Å². The van der Waals surface area contributed by atoms with Crippen molar-refractivity contribution in [2.24, 2.45) is 5.73 Å². The largest absolute Gasteiger partial charge is 0.352 e. The quantitative estimate of drug-likeness (QED) is 0.510. The smallest absolute Gasteiger partial charge is 0.234 e. The maximum atomic E-state index is 11.3. The van der Waals surface area contributed by atoms with E-state index in [-0.39, 0.29) is 5.91 Å². The van der Waals surface area contributed by atoms with E-state index in [1.165, 1.54) is 12.8 Å². The first kappa shape index (κ1) is 10.5. The van der Waals surface area contributed by atoms with Crippen LogP contribution in [0.5, 0.6) is 0 Å². The number of hydrogen-bond donors (Lipinski definition) is 3. The van der Waals surface area contributed by atoms with Crippen LogP contribution >= 0.6 is 0 Å². The Morgan fingerprint density at radius 3 is 2.69 bits per heavy atom. The van der Waals surface area contributed by atoms with E-state index >= 15 is 0 Å². The van der Waals surface area contributed by atoms with E-state index in [4.69, 9.17) is 5.73 Å². The molecule has 0 atom stereocenters. The van der Waals surface area contributed by atoms with Gasteiger partial charge in [-0.05, 0) is 12.8 Å². The van der Waals surface area contributed by atoms with Crippen molar-refractivity contribution in [3.8, 4) is 0 Å². The van der Waals surface area contributed by atoms with Crippen LogP contribution in [-0.4, -0.2) is 31.6 Å². The summed E-state index contributed by atoms with van der Waals surface area (Å²) in [5, 5.41) is 5.97. The SMILES string of the molecule is NCCNCC(=O)NC1CCCC1. The molecule has 76 valence electrons. The average Bonchev–Trinajstić information content (AvgIpc) is 2.57. The second-order valence-corrected chi connectivity index (χ2v) is 3.51. The zero-order valence-electron chi connectivity index (χ0n) is 8.01. The summed E-state index contributed by atoms with van der Waals surface area (Å²) in [6.45, 7) is 1.68. The van der Waals surface area contributed by atoms with Crippen LogP contribution in [0.2, 0.25) is 0 Å².